The van der Waals surface area contributed by atoms with Crippen LogP contribution in [-0.4, -0.2) is 19.1 Å². The third-order valence-electron chi connectivity index (χ3n) is 4.00. The summed E-state index contributed by atoms with van der Waals surface area (Å²) in [4.78, 5) is 14.3. The standard InChI is InChI=1S/C18H17F2NO2/c1-2-23-18(22)17-16-8-5-14(20)11-12(16)9-10-21(17)15-6-3-13(19)4-7-15/h3-8,11,17H,2,9-10H2,1H3/t17-/m0/s1. The molecule has 0 radical (unpaired) electrons. The number of carbonyl (C=O) groups excluding carboxylic acids is 1. The Hall–Kier alpha value is -2.43. The van der Waals surface area contributed by atoms with Gasteiger partial charge in [-0.25, -0.2) is 13.6 Å². The number of fused-ring (bicyclic) bond motifs is 1. The summed E-state index contributed by atoms with van der Waals surface area (Å²) < 4.78 is 31.8. The van der Waals surface area contributed by atoms with Crippen LogP contribution in [0.5, 0.6) is 0 Å². The van der Waals surface area contributed by atoms with Crippen molar-refractivity contribution < 1.29 is 18.3 Å². The van der Waals surface area contributed by atoms with Crippen LogP contribution in [0.1, 0.15) is 24.1 Å². The second-order valence-electron chi connectivity index (χ2n) is 5.42. The number of anilines is 1. The summed E-state index contributed by atoms with van der Waals surface area (Å²) in [6.45, 7) is 2.54. The van der Waals surface area contributed by atoms with Gasteiger partial charge in [-0.15, -0.1) is 0 Å². The van der Waals surface area contributed by atoms with Gasteiger partial charge in [0, 0.05) is 12.2 Å². The third kappa shape index (κ3) is 3.04. The van der Waals surface area contributed by atoms with Crippen molar-refractivity contribution in [1.82, 2.24) is 0 Å². The summed E-state index contributed by atoms with van der Waals surface area (Å²) in [5.41, 5.74) is 2.28. The number of hydrogen-bond donors (Lipinski definition) is 0. The maximum Gasteiger partial charge on any atom is 0.333 e. The molecule has 0 N–H and O–H groups in total. The predicted molar refractivity (Wildman–Crippen MR) is 83.2 cm³/mol. The molecule has 5 heteroatoms. The molecule has 2 aromatic rings. The molecule has 1 heterocycles. The minimum atomic E-state index is -0.648. The third-order valence-corrected chi connectivity index (χ3v) is 4.00. The van der Waals surface area contributed by atoms with Gasteiger partial charge in [-0.05, 0) is 60.9 Å². The van der Waals surface area contributed by atoms with Gasteiger partial charge in [0.05, 0.1) is 6.61 Å². The van der Waals surface area contributed by atoms with Crippen molar-refractivity contribution in [3.8, 4) is 0 Å². The molecule has 1 aliphatic heterocycles. The predicted octanol–water partition coefficient (Wildman–Crippen LogP) is 3.63. The number of esters is 1. The van der Waals surface area contributed by atoms with Crippen molar-refractivity contribution in [2.45, 2.75) is 19.4 Å². The van der Waals surface area contributed by atoms with Gasteiger partial charge in [0.2, 0.25) is 0 Å². The van der Waals surface area contributed by atoms with Crippen molar-refractivity contribution in [3.05, 3.63) is 65.2 Å². The fourth-order valence-electron chi connectivity index (χ4n) is 2.98. The van der Waals surface area contributed by atoms with Crippen LogP contribution in [0.15, 0.2) is 42.5 Å². The first-order valence-corrected chi connectivity index (χ1v) is 7.57. The van der Waals surface area contributed by atoms with Crippen LogP contribution >= 0.6 is 0 Å². The molecule has 1 atom stereocenters. The zero-order chi connectivity index (χ0) is 16.4. The van der Waals surface area contributed by atoms with E-state index in [4.69, 9.17) is 4.74 Å². The summed E-state index contributed by atoms with van der Waals surface area (Å²) >= 11 is 0. The number of hydrogen-bond acceptors (Lipinski definition) is 3. The molecule has 0 aromatic heterocycles. The second kappa shape index (κ2) is 6.36. The van der Waals surface area contributed by atoms with Gasteiger partial charge in [-0.1, -0.05) is 6.07 Å². The van der Waals surface area contributed by atoms with E-state index in [-0.39, 0.29) is 24.2 Å². The molecule has 0 saturated heterocycles. The SMILES string of the molecule is CCOC(=O)[C@@H]1c2ccc(F)cc2CCN1c1ccc(F)cc1. The van der Waals surface area contributed by atoms with Crippen molar-refractivity contribution in [1.29, 1.82) is 0 Å². The quantitative estimate of drug-likeness (QED) is 0.810. The number of ether oxygens (including phenoxy) is 1. The molecular formula is C18H17F2NO2. The summed E-state index contributed by atoms with van der Waals surface area (Å²) in [7, 11) is 0. The number of rotatable bonds is 3. The normalized spacial score (nSPS) is 16.8. The Kier molecular flexibility index (Phi) is 4.28. The number of nitrogens with zero attached hydrogens (tertiary/aromatic N) is 1. The number of benzene rings is 2. The van der Waals surface area contributed by atoms with Crippen LogP contribution in [0.25, 0.3) is 0 Å². The van der Waals surface area contributed by atoms with E-state index in [1.165, 1.54) is 24.3 Å². The molecule has 0 aliphatic carbocycles. The maximum atomic E-state index is 13.5. The van der Waals surface area contributed by atoms with Crippen LogP contribution < -0.4 is 4.90 Å². The van der Waals surface area contributed by atoms with Gasteiger partial charge in [0.15, 0.2) is 6.04 Å². The topological polar surface area (TPSA) is 29.5 Å². The van der Waals surface area contributed by atoms with Crippen molar-refractivity contribution in [2.75, 3.05) is 18.1 Å². The van der Waals surface area contributed by atoms with Gasteiger partial charge in [-0.3, -0.25) is 0 Å². The van der Waals surface area contributed by atoms with E-state index in [0.717, 1.165) is 16.8 Å². The monoisotopic (exact) mass is 317 g/mol. The molecule has 3 nitrogen and oxygen atoms in total. The molecule has 0 amide bonds. The first-order chi connectivity index (χ1) is 11.1. The average molecular weight is 317 g/mol. The van der Waals surface area contributed by atoms with E-state index >= 15 is 0 Å². The second-order valence-corrected chi connectivity index (χ2v) is 5.42. The lowest BCUT2D eigenvalue weighted by atomic mass is 9.92. The lowest BCUT2D eigenvalue weighted by molar-refractivity contribution is -0.145. The van der Waals surface area contributed by atoms with Gasteiger partial charge >= 0.3 is 5.97 Å². The van der Waals surface area contributed by atoms with Gasteiger partial charge in [-0.2, -0.15) is 0 Å². The first-order valence-electron chi connectivity index (χ1n) is 7.57. The Morgan fingerprint density at radius 3 is 2.57 bits per heavy atom. The van der Waals surface area contributed by atoms with Crippen molar-refractivity contribution in [3.63, 3.8) is 0 Å². The molecule has 1 aliphatic rings. The van der Waals surface area contributed by atoms with Crippen molar-refractivity contribution in [2.24, 2.45) is 0 Å². The smallest absolute Gasteiger partial charge is 0.333 e. The maximum absolute atomic E-state index is 13.5. The summed E-state index contributed by atoms with van der Waals surface area (Å²) in [5, 5.41) is 0. The van der Waals surface area contributed by atoms with Crippen molar-refractivity contribution >= 4 is 11.7 Å². The molecule has 120 valence electrons. The Labute approximate surface area is 133 Å². The van der Waals surface area contributed by atoms with Gasteiger partial charge in [0.25, 0.3) is 0 Å². The van der Waals surface area contributed by atoms with Crippen LogP contribution in [0.4, 0.5) is 14.5 Å². The zero-order valence-electron chi connectivity index (χ0n) is 12.8. The molecular weight excluding hydrogens is 300 g/mol. The summed E-state index contributed by atoms with van der Waals surface area (Å²) in [5.74, 6) is -1.04. The highest BCUT2D eigenvalue weighted by atomic mass is 19.1. The molecule has 0 bridgehead atoms. The average Bonchev–Trinajstić information content (AvgIpc) is 2.54. The molecule has 0 spiro atoms. The molecule has 0 saturated carbocycles. The molecule has 23 heavy (non-hydrogen) atoms. The van der Waals surface area contributed by atoms with Crippen LogP contribution in [0.3, 0.4) is 0 Å². The minimum absolute atomic E-state index is 0.267. The fraction of sp³-hybridized carbons (Fsp3) is 0.278. The Morgan fingerprint density at radius 2 is 1.87 bits per heavy atom. The number of halogens is 2. The highest BCUT2D eigenvalue weighted by Gasteiger charge is 2.34. The molecule has 0 unspecified atom stereocenters. The Balaban J connectivity index is 2.03. The lowest BCUT2D eigenvalue weighted by Gasteiger charge is -2.37. The fourth-order valence-corrected chi connectivity index (χ4v) is 2.98. The van der Waals surface area contributed by atoms with Crippen LogP contribution in [0, 0.1) is 11.6 Å². The molecule has 0 fully saturated rings. The van der Waals surface area contributed by atoms with Gasteiger partial charge < -0.3 is 9.64 Å². The molecule has 2 aromatic carbocycles. The molecule has 3 rings (SSSR count). The van der Waals surface area contributed by atoms with Crippen LogP contribution in [0.2, 0.25) is 0 Å². The van der Waals surface area contributed by atoms with E-state index in [2.05, 4.69) is 0 Å². The summed E-state index contributed by atoms with van der Waals surface area (Å²) in [6, 6.07) is 9.77. The van der Waals surface area contributed by atoms with Crippen LogP contribution in [-0.2, 0) is 16.0 Å². The Morgan fingerprint density at radius 1 is 1.17 bits per heavy atom. The number of carbonyl (C=O) groups is 1. The summed E-state index contributed by atoms with van der Waals surface area (Å²) in [6.07, 6.45) is 0.611. The lowest BCUT2D eigenvalue weighted by Crippen LogP contribution is -2.40. The van der Waals surface area contributed by atoms with E-state index in [9.17, 15) is 13.6 Å². The highest BCUT2D eigenvalue weighted by Crippen LogP contribution is 2.35. The highest BCUT2D eigenvalue weighted by molar-refractivity contribution is 5.83. The van der Waals surface area contributed by atoms with Gasteiger partial charge in [0.1, 0.15) is 11.6 Å². The van der Waals surface area contributed by atoms with E-state index < -0.39 is 6.04 Å². The van der Waals surface area contributed by atoms with E-state index in [0.29, 0.717) is 13.0 Å². The zero-order valence-corrected chi connectivity index (χ0v) is 12.8. The largest absolute Gasteiger partial charge is 0.464 e. The van der Waals surface area contributed by atoms with E-state index in [1.807, 2.05) is 4.90 Å². The Bertz CT molecular complexity index is 715. The minimum Gasteiger partial charge on any atom is -0.464 e. The first kappa shape index (κ1) is 15.5. The van der Waals surface area contributed by atoms with E-state index in [1.54, 1.807) is 25.1 Å².